The highest BCUT2D eigenvalue weighted by Gasteiger charge is 2.13. The van der Waals surface area contributed by atoms with Crippen LogP contribution in [0.15, 0.2) is 36.4 Å². The molecule has 6 heteroatoms. The van der Waals surface area contributed by atoms with Gasteiger partial charge in [0.1, 0.15) is 18.0 Å². The van der Waals surface area contributed by atoms with Crippen LogP contribution in [0, 0.1) is 0 Å². The number of nitrogens with zero attached hydrogens (tertiary/aromatic N) is 3. The molecule has 0 unspecified atom stereocenters. The molecule has 1 aromatic heterocycles. The number of aromatic nitrogens is 3. The van der Waals surface area contributed by atoms with Crippen molar-refractivity contribution >= 4 is 0 Å². The molecule has 6 nitrogen and oxygen atoms in total. The highest BCUT2D eigenvalue weighted by atomic mass is 16.5. The monoisotopic (exact) mass is 288 g/mol. The van der Waals surface area contributed by atoms with Gasteiger partial charge in [0.25, 0.3) is 0 Å². The smallest absolute Gasteiger partial charge is 0.161 e. The standard InChI is InChI=1S/C15H20N4O2/c1-11(2)9-19-13(12(8-16)17-18-19)10-21-15-7-5-4-6-14(15)20-3/h4-7H,1,8-10,16H2,2-3H3. The number of hydrogen-bond acceptors (Lipinski definition) is 5. The Bertz CT molecular complexity index is 622. The number of para-hydroxylation sites is 2. The second-order valence-electron chi connectivity index (χ2n) is 4.74. The van der Waals surface area contributed by atoms with Crippen LogP contribution in [-0.2, 0) is 19.7 Å². The van der Waals surface area contributed by atoms with Gasteiger partial charge in [0.2, 0.25) is 0 Å². The quantitative estimate of drug-likeness (QED) is 0.788. The zero-order valence-electron chi connectivity index (χ0n) is 12.4. The molecule has 0 aliphatic heterocycles. The summed E-state index contributed by atoms with van der Waals surface area (Å²) in [6.07, 6.45) is 0. The van der Waals surface area contributed by atoms with E-state index in [0.29, 0.717) is 31.2 Å². The van der Waals surface area contributed by atoms with Crippen LogP contribution >= 0.6 is 0 Å². The zero-order valence-corrected chi connectivity index (χ0v) is 12.4. The Labute approximate surface area is 124 Å². The van der Waals surface area contributed by atoms with Crippen molar-refractivity contribution in [1.82, 2.24) is 15.0 Å². The molecule has 0 aliphatic rings. The Morgan fingerprint density at radius 3 is 2.67 bits per heavy atom. The third-order valence-electron chi connectivity index (χ3n) is 2.96. The van der Waals surface area contributed by atoms with E-state index in [4.69, 9.17) is 15.2 Å². The van der Waals surface area contributed by atoms with Crippen molar-refractivity contribution in [2.45, 2.75) is 26.6 Å². The number of benzene rings is 1. The predicted octanol–water partition coefficient (Wildman–Crippen LogP) is 1.90. The largest absolute Gasteiger partial charge is 0.493 e. The maximum Gasteiger partial charge on any atom is 0.161 e. The van der Waals surface area contributed by atoms with E-state index in [-0.39, 0.29) is 0 Å². The molecule has 0 amide bonds. The van der Waals surface area contributed by atoms with Crippen molar-refractivity contribution in [3.8, 4) is 11.5 Å². The van der Waals surface area contributed by atoms with E-state index in [9.17, 15) is 0 Å². The average molecular weight is 288 g/mol. The van der Waals surface area contributed by atoms with E-state index >= 15 is 0 Å². The van der Waals surface area contributed by atoms with Gasteiger partial charge < -0.3 is 15.2 Å². The van der Waals surface area contributed by atoms with Gasteiger partial charge in [-0.15, -0.1) is 5.10 Å². The second kappa shape index (κ2) is 6.90. The topological polar surface area (TPSA) is 75.2 Å². The number of hydrogen-bond donors (Lipinski definition) is 1. The second-order valence-corrected chi connectivity index (χ2v) is 4.74. The minimum atomic E-state index is 0.320. The lowest BCUT2D eigenvalue weighted by Gasteiger charge is -2.12. The number of nitrogens with two attached hydrogens (primary N) is 1. The van der Waals surface area contributed by atoms with Gasteiger partial charge >= 0.3 is 0 Å². The van der Waals surface area contributed by atoms with Gasteiger partial charge in [0.05, 0.1) is 13.7 Å². The van der Waals surface area contributed by atoms with Gasteiger partial charge in [-0.3, -0.25) is 0 Å². The van der Waals surface area contributed by atoms with Crippen molar-refractivity contribution in [1.29, 1.82) is 0 Å². The van der Waals surface area contributed by atoms with Crippen LogP contribution in [0.3, 0.4) is 0 Å². The average Bonchev–Trinajstić information content (AvgIpc) is 2.86. The molecule has 2 aromatic rings. The Morgan fingerprint density at radius 1 is 1.33 bits per heavy atom. The Morgan fingerprint density at radius 2 is 2.05 bits per heavy atom. The minimum absolute atomic E-state index is 0.320. The van der Waals surface area contributed by atoms with Gasteiger partial charge in [-0.25, -0.2) is 4.68 Å². The summed E-state index contributed by atoms with van der Waals surface area (Å²) in [6, 6.07) is 7.49. The predicted molar refractivity (Wildman–Crippen MR) is 80.1 cm³/mol. The molecule has 0 fully saturated rings. The van der Waals surface area contributed by atoms with E-state index in [1.54, 1.807) is 11.8 Å². The SMILES string of the molecule is C=C(C)Cn1nnc(CN)c1COc1ccccc1OC. The van der Waals surface area contributed by atoms with Gasteiger partial charge in [0, 0.05) is 6.54 Å². The van der Waals surface area contributed by atoms with Crippen LogP contribution in [0.2, 0.25) is 0 Å². The van der Waals surface area contributed by atoms with Gasteiger partial charge in [-0.2, -0.15) is 0 Å². The lowest BCUT2D eigenvalue weighted by atomic mass is 10.3. The maximum atomic E-state index is 5.83. The lowest BCUT2D eigenvalue weighted by molar-refractivity contribution is 0.273. The van der Waals surface area contributed by atoms with E-state index < -0.39 is 0 Å². The summed E-state index contributed by atoms with van der Waals surface area (Å²) in [5.74, 6) is 1.36. The van der Waals surface area contributed by atoms with Gasteiger partial charge in [0.15, 0.2) is 11.5 Å². The molecule has 2 N–H and O–H groups in total. The normalized spacial score (nSPS) is 10.4. The summed E-state index contributed by atoms with van der Waals surface area (Å²) in [4.78, 5) is 0. The van der Waals surface area contributed by atoms with Crippen LogP contribution in [0.4, 0.5) is 0 Å². The highest BCUT2D eigenvalue weighted by Crippen LogP contribution is 2.26. The fourth-order valence-corrected chi connectivity index (χ4v) is 1.95. The van der Waals surface area contributed by atoms with E-state index in [0.717, 1.165) is 17.0 Å². The first-order chi connectivity index (χ1) is 10.2. The van der Waals surface area contributed by atoms with Crippen LogP contribution < -0.4 is 15.2 Å². The summed E-state index contributed by atoms with van der Waals surface area (Å²) in [5.41, 5.74) is 8.27. The first-order valence-corrected chi connectivity index (χ1v) is 6.67. The number of rotatable bonds is 7. The fraction of sp³-hybridized carbons (Fsp3) is 0.333. The third-order valence-corrected chi connectivity index (χ3v) is 2.96. The zero-order chi connectivity index (χ0) is 15.2. The summed E-state index contributed by atoms with van der Waals surface area (Å²) in [6.45, 7) is 7.07. The van der Waals surface area contributed by atoms with Crippen LogP contribution in [0.5, 0.6) is 11.5 Å². The van der Waals surface area contributed by atoms with Crippen LogP contribution in [0.1, 0.15) is 18.3 Å². The molecule has 0 atom stereocenters. The molecule has 1 aromatic carbocycles. The molecule has 0 radical (unpaired) electrons. The molecule has 0 aliphatic carbocycles. The Balaban J connectivity index is 2.18. The van der Waals surface area contributed by atoms with Crippen molar-refractivity contribution in [3.05, 3.63) is 47.8 Å². The van der Waals surface area contributed by atoms with Crippen molar-refractivity contribution in [2.75, 3.05) is 7.11 Å². The Kier molecular flexibility index (Phi) is 4.94. The molecule has 0 bridgehead atoms. The Hall–Kier alpha value is -2.34. The highest BCUT2D eigenvalue weighted by molar-refractivity contribution is 5.39. The maximum absolute atomic E-state index is 5.83. The van der Waals surface area contributed by atoms with Crippen LogP contribution in [0.25, 0.3) is 0 Å². The molecule has 1 heterocycles. The summed E-state index contributed by atoms with van der Waals surface area (Å²) < 4.78 is 12.9. The van der Waals surface area contributed by atoms with E-state index in [1.165, 1.54) is 0 Å². The summed E-state index contributed by atoms with van der Waals surface area (Å²) >= 11 is 0. The summed E-state index contributed by atoms with van der Waals surface area (Å²) in [5, 5.41) is 8.17. The number of methoxy groups -OCH3 is 1. The molecular formula is C15H20N4O2. The number of allylic oxidation sites excluding steroid dienone is 1. The fourth-order valence-electron chi connectivity index (χ4n) is 1.95. The molecule has 0 saturated carbocycles. The molecule has 112 valence electrons. The number of ether oxygens (including phenoxy) is 2. The van der Waals surface area contributed by atoms with Gasteiger partial charge in [-0.05, 0) is 19.1 Å². The van der Waals surface area contributed by atoms with Crippen molar-refractivity contribution < 1.29 is 9.47 Å². The van der Waals surface area contributed by atoms with Gasteiger partial charge in [-0.1, -0.05) is 29.5 Å². The molecule has 0 spiro atoms. The lowest BCUT2D eigenvalue weighted by Crippen LogP contribution is -2.11. The van der Waals surface area contributed by atoms with Crippen LogP contribution in [-0.4, -0.2) is 22.1 Å². The van der Waals surface area contributed by atoms with Crippen molar-refractivity contribution in [3.63, 3.8) is 0 Å². The first kappa shape index (κ1) is 15.1. The minimum Gasteiger partial charge on any atom is -0.493 e. The molecule has 21 heavy (non-hydrogen) atoms. The van der Waals surface area contributed by atoms with E-state index in [2.05, 4.69) is 16.9 Å². The molecule has 0 saturated heterocycles. The van der Waals surface area contributed by atoms with Crippen molar-refractivity contribution in [2.24, 2.45) is 5.73 Å². The molecular weight excluding hydrogens is 268 g/mol. The summed E-state index contributed by atoms with van der Waals surface area (Å²) in [7, 11) is 1.61. The van der Waals surface area contributed by atoms with E-state index in [1.807, 2.05) is 31.2 Å². The third kappa shape index (κ3) is 3.61. The molecule has 2 rings (SSSR count). The first-order valence-electron chi connectivity index (χ1n) is 6.67.